The molecule has 182 valence electrons. The molecule has 0 saturated heterocycles. The van der Waals surface area contributed by atoms with Crippen LogP contribution in [0.5, 0.6) is 11.5 Å². The number of nitrogens with one attached hydrogen (secondary N) is 1. The highest BCUT2D eigenvalue weighted by molar-refractivity contribution is 7.89. The Bertz CT molecular complexity index is 1450. The second kappa shape index (κ2) is 10.5. The van der Waals surface area contributed by atoms with Gasteiger partial charge in [-0.15, -0.1) is 0 Å². The van der Waals surface area contributed by atoms with Crippen molar-refractivity contribution in [2.24, 2.45) is 0 Å². The van der Waals surface area contributed by atoms with Crippen LogP contribution >= 0.6 is 0 Å². The molecule has 1 heterocycles. The molecule has 4 rings (SSSR count). The van der Waals surface area contributed by atoms with Crippen molar-refractivity contribution in [2.45, 2.75) is 17.9 Å². The van der Waals surface area contributed by atoms with Crippen molar-refractivity contribution in [3.05, 3.63) is 66.6 Å². The zero-order valence-corrected chi connectivity index (χ0v) is 19.9. The van der Waals surface area contributed by atoms with Crippen molar-refractivity contribution in [3.8, 4) is 22.9 Å². The zero-order chi connectivity index (χ0) is 24.8. The lowest BCUT2D eigenvalue weighted by Crippen LogP contribution is -2.26. The summed E-state index contributed by atoms with van der Waals surface area (Å²) >= 11 is 0. The normalized spacial score (nSPS) is 11.4. The SMILES string of the molecule is COc1ccc(-c2noc(COC(=O)CCNS(=O)(=O)c3ccc4ccccc4c3)n2)cc1OC. The topological polar surface area (TPSA) is 130 Å². The average molecular weight is 498 g/mol. The quantitative estimate of drug-likeness (QED) is 0.328. The van der Waals surface area contributed by atoms with Gasteiger partial charge < -0.3 is 18.7 Å². The molecule has 1 N–H and O–H groups in total. The van der Waals surface area contributed by atoms with Gasteiger partial charge in [-0.1, -0.05) is 35.5 Å². The predicted octanol–water partition coefficient (Wildman–Crippen LogP) is 3.32. The van der Waals surface area contributed by atoms with E-state index in [1.165, 1.54) is 20.3 Å². The number of fused-ring (bicyclic) bond motifs is 1. The molecule has 35 heavy (non-hydrogen) atoms. The molecule has 11 heteroatoms. The lowest BCUT2D eigenvalue weighted by Gasteiger charge is -2.08. The Kier molecular flexibility index (Phi) is 7.28. The summed E-state index contributed by atoms with van der Waals surface area (Å²) in [6.07, 6.45) is -0.163. The van der Waals surface area contributed by atoms with E-state index in [-0.39, 0.29) is 30.4 Å². The molecule has 0 aliphatic heterocycles. The molecule has 3 aromatic carbocycles. The van der Waals surface area contributed by atoms with Crippen LogP contribution in [0.4, 0.5) is 0 Å². The number of aromatic nitrogens is 2. The molecule has 0 bridgehead atoms. The molecule has 4 aromatic rings. The highest BCUT2D eigenvalue weighted by atomic mass is 32.2. The van der Waals surface area contributed by atoms with Crippen LogP contribution in [-0.4, -0.2) is 45.3 Å². The monoisotopic (exact) mass is 497 g/mol. The number of hydrogen-bond acceptors (Lipinski definition) is 9. The Hall–Kier alpha value is -3.96. The van der Waals surface area contributed by atoms with Crippen molar-refractivity contribution in [1.29, 1.82) is 0 Å². The van der Waals surface area contributed by atoms with Crippen LogP contribution < -0.4 is 14.2 Å². The molecule has 0 aliphatic rings. The number of rotatable bonds is 10. The summed E-state index contributed by atoms with van der Waals surface area (Å²) in [7, 11) is -0.718. The van der Waals surface area contributed by atoms with Crippen molar-refractivity contribution in [3.63, 3.8) is 0 Å². The minimum atomic E-state index is -3.77. The molecule has 0 saturated carbocycles. The molecule has 0 amide bonds. The highest BCUT2D eigenvalue weighted by Crippen LogP contribution is 2.31. The Morgan fingerprint density at radius 1 is 0.971 bits per heavy atom. The first-order valence-corrected chi connectivity index (χ1v) is 12.1. The van der Waals surface area contributed by atoms with Gasteiger partial charge in [0, 0.05) is 12.1 Å². The second-order valence-electron chi connectivity index (χ2n) is 7.40. The third-order valence-electron chi connectivity index (χ3n) is 5.12. The summed E-state index contributed by atoms with van der Waals surface area (Å²) in [5.74, 6) is 0.844. The van der Waals surface area contributed by atoms with E-state index in [4.69, 9.17) is 18.7 Å². The molecule has 0 radical (unpaired) electrons. The fourth-order valence-corrected chi connectivity index (χ4v) is 4.39. The molecule has 10 nitrogen and oxygen atoms in total. The van der Waals surface area contributed by atoms with Crippen LogP contribution in [-0.2, 0) is 26.2 Å². The van der Waals surface area contributed by atoms with Crippen LogP contribution in [0.15, 0.2) is 70.1 Å². The summed E-state index contributed by atoms with van der Waals surface area (Å²) in [6, 6.07) is 17.4. The summed E-state index contributed by atoms with van der Waals surface area (Å²) in [6.45, 7) is -0.356. The molecule has 0 fully saturated rings. The molecule has 0 unspecified atom stereocenters. The van der Waals surface area contributed by atoms with Crippen LogP contribution in [0.25, 0.3) is 22.2 Å². The number of sulfonamides is 1. The van der Waals surface area contributed by atoms with E-state index in [1.54, 1.807) is 30.3 Å². The first-order chi connectivity index (χ1) is 16.9. The molecular weight excluding hydrogens is 474 g/mol. The predicted molar refractivity (Wildman–Crippen MR) is 126 cm³/mol. The summed E-state index contributed by atoms with van der Waals surface area (Å²) in [5.41, 5.74) is 0.632. The summed E-state index contributed by atoms with van der Waals surface area (Å²) in [4.78, 5) is 16.4. The maximum Gasteiger partial charge on any atom is 0.307 e. The van der Waals surface area contributed by atoms with E-state index in [0.29, 0.717) is 22.9 Å². The molecule has 0 atom stereocenters. The largest absolute Gasteiger partial charge is 0.493 e. The Morgan fingerprint density at radius 2 is 1.74 bits per heavy atom. The van der Waals surface area contributed by atoms with Gasteiger partial charge >= 0.3 is 5.97 Å². The van der Waals surface area contributed by atoms with Crippen LogP contribution in [0.1, 0.15) is 12.3 Å². The van der Waals surface area contributed by atoms with E-state index in [9.17, 15) is 13.2 Å². The average Bonchev–Trinajstić information content (AvgIpc) is 3.35. The van der Waals surface area contributed by atoms with Crippen LogP contribution in [0, 0.1) is 0 Å². The first-order valence-electron chi connectivity index (χ1n) is 10.6. The first kappa shape index (κ1) is 24.2. The molecular formula is C24H23N3O7S. The number of carbonyl (C=O) groups is 1. The number of methoxy groups -OCH3 is 2. The number of hydrogen-bond donors (Lipinski definition) is 1. The number of nitrogens with zero attached hydrogens (tertiary/aromatic N) is 2. The third-order valence-corrected chi connectivity index (χ3v) is 6.58. The second-order valence-corrected chi connectivity index (χ2v) is 9.17. The third kappa shape index (κ3) is 5.76. The van der Waals surface area contributed by atoms with E-state index in [0.717, 1.165) is 10.8 Å². The van der Waals surface area contributed by atoms with Gasteiger partial charge in [0.25, 0.3) is 5.89 Å². The Morgan fingerprint density at radius 3 is 2.51 bits per heavy atom. The van der Waals surface area contributed by atoms with Gasteiger partial charge in [-0.25, -0.2) is 13.1 Å². The van der Waals surface area contributed by atoms with Gasteiger partial charge in [0.05, 0.1) is 25.5 Å². The van der Waals surface area contributed by atoms with Crippen LogP contribution in [0.3, 0.4) is 0 Å². The lowest BCUT2D eigenvalue weighted by atomic mass is 10.1. The number of esters is 1. The van der Waals surface area contributed by atoms with E-state index < -0.39 is 16.0 Å². The Balaban J connectivity index is 1.28. The van der Waals surface area contributed by atoms with E-state index in [1.807, 2.05) is 24.3 Å². The smallest absolute Gasteiger partial charge is 0.307 e. The maximum atomic E-state index is 12.5. The van der Waals surface area contributed by atoms with Crippen molar-refractivity contribution in [1.82, 2.24) is 14.9 Å². The molecule has 0 aliphatic carbocycles. The molecule has 1 aromatic heterocycles. The highest BCUT2D eigenvalue weighted by Gasteiger charge is 2.16. The summed E-state index contributed by atoms with van der Waals surface area (Å²) in [5, 5.41) is 5.62. The van der Waals surface area contributed by atoms with Crippen molar-refractivity contribution >= 4 is 26.8 Å². The van der Waals surface area contributed by atoms with E-state index >= 15 is 0 Å². The summed E-state index contributed by atoms with van der Waals surface area (Å²) < 4.78 is 48.2. The minimum Gasteiger partial charge on any atom is -0.493 e. The maximum absolute atomic E-state index is 12.5. The van der Waals surface area contributed by atoms with Crippen molar-refractivity contribution in [2.75, 3.05) is 20.8 Å². The Labute approximate surface area is 201 Å². The van der Waals surface area contributed by atoms with Gasteiger partial charge in [0.2, 0.25) is 15.8 Å². The molecule has 0 spiro atoms. The fourth-order valence-electron chi connectivity index (χ4n) is 3.33. The number of carbonyl (C=O) groups excluding carboxylic acids is 1. The lowest BCUT2D eigenvalue weighted by molar-refractivity contribution is -0.145. The minimum absolute atomic E-state index is 0.0971. The van der Waals surface area contributed by atoms with Gasteiger partial charge in [0.15, 0.2) is 18.1 Å². The van der Waals surface area contributed by atoms with Crippen LogP contribution in [0.2, 0.25) is 0 Å². The fraction of sp³-hybridized carbons (Fsp3) is 0.208. The van der Waals surface area contributed by atoms with Gasteiger partial charge in [-0.05, 0) is 41.1 Å². The van der Waals surface area contributed by atoms with Gasteiger partial charge in [0.1, 0.15) is 0 Å². The van der Waals surface area contributed by atoms with Gasteiger partial charge in [-0.3, -0.25) is 4.79 Å². The number of ether oxygens (including phenoxy) is 3. The standard InChI is InChI=1S/C24H23N3O7S/c1-31-20-10-8-18(14-21(20)32-2)24-26-22(34-27-24)15-33-23(28)11-12-25-35(29,30)19-9-7-16-5-3-4-6-17(16)13-19/h3-10,13-14,25H,11-12,15H2,1-2H3. The zero-order valence-electron chi connectivity index (χ0n) is 19.1. The number of benzene rings is 3. The van der Waals surface area contributed by atoms with Gasteiger partial charge in [-0.2, -0.15) is 4.98 Å². The van der Waals surface area contributed by atoms with E-state index in [2.05, 4.69) is 14.9 Å². The van der Waals surface area contributed by atoms with Crippen molar-refractivity contribution < 1.29 is 31.9 Å².